The summed E-state index contributed by atoms with van der Waals surface area (Å²) in [6, 6.07) is 11.8. The van der Waals surface area contributed by atoms with Crippen molar-refractivity contribution < 1.29 is 17.9 Å². The first kappa shape index (κ1) is 24.4. The van der Waals surface area contributed by atoms with Crippen molar-refractivity contribution in [2.75, 3.05) is 19.7 Å². The molecule has 34 heavy (non-hydrogen) atoms. The maximum absolute atomic E-state index is 13.0. The van der Waals surface area contributed by atoms with Crippen molar-refractivity contribution in [2.24, 2.45) is 10.9 Å². The van der Waals surface area contributed by atoms with Gasteiger partial charge in [-0.15, -0.1) is 6.58 Å². The van der Waals surface area contributed by atoms with Gasteiger partial charge in [0.15, 0.2) is 4.80 Å². The molecular formula is C25H29N3O4S2. The number of aromatic nitrogens is 1. The summed E-state index contributed by atoms with van der Waals surface area (Å²) in [5.41, 5.74) is 1.21. The Bertz CT molecular complexity index is 1370. The second-order valence-electron chi connectivity index (χ2n) is 8.37. The molecule has 2 aromatic carbocycles. The van der Waals surface area contributed by atoms with Crippen LogP contribution >= 0.6 is 11.3 Å². The van der Waals surface area contributed by atoms with Gasteiger partial charge in [-0.05, 0) is 62.1 Å². The van der Waals surface area contributed by atoms with Crippen molar-refractivity contribution in [3.05, 3.63) is 65.5 Å². The smallest absolute Gasteiger partial charge is 0.279 e. The molecule has 1 saturated heterocycles. The predicted molar refractivity (Wildman–Crippen MR) is 135 cm³/mol. The number of carbonyl (C=O) groups excluding carboxylic acids is 1. The molecule has 9 heteroatoms. The number of amides is 1. The topological polar surface area (TPSA) is 81.0 Å². The number of para-hydroxylation sites is 1. The van der Waals surface area contributed by atoms with E-state index < -0.39 is 15.9 Å². The second-order valence-corrected chi connectivity index (χ2v) is 11.3. The summed E-state index contributed by atoms with van der Waals surface area (Å²) in [5.74, 6) is 0.640. The number of benzene rings is 2. The first-order valence-corrected chi connectivity index (χ1v) is 13.7. The molecule has 1 atom stereocenters. The lowest BCUT2D eigenvalue weighted by atomic mass is 10.0. The van der Waals surface area contributed by atoms with Crippen LogP contribution < -0.4 is 9.54 Å². The average Bonchev–Trinajstić information content (AvgIpc) is 3.17. The largest absolute Gasteiger partial charge is 0.492 e. The molecule has 7 nitrogen and oxygen atoms in total. The Kier molecular flexibility index (Phi) is 7.35. The van der Waals surface area contributed by atoms with Gasteiger partial charge in [-0.1, -0.05) is 30.4 Å². The van der Waals surface area contributed by atoms with E-state index in [9.17, 15) is 13.2 Å². The number of hydrogen-bond donors (Lipinski definition) is 0. The number of sulfonamides is 1. The Morgan fingerprint density at radius 3 is 2.71 bits per heavy atom. The Labute approximate surface area is 204 Å². The van der Waals surface area contributed by atoms with Gasteiger partial charge < -0.3 is 9.30 Å². The molecular weight excluding hydrogens is 470 g/mol. The van der Waals surface area contributed by atoms with Crippen LogP contribution in [0.2, 0.25) is 0 Å². The van der Waals surface area contributed by atoms with Gasteiger partial charge in [0.25, 0.3) is 5.91 Å². The lowest BCUT2D eigenvalue weighted by Crippen LogP contribution is -2.39. The monoisotopic (exact) mass is 499 g/mol. The average molecular weight is 500 g/mol. The third-order valence-corrected chi connectivity index (χ3v) is 8.75. The maximum Gasteiger partial charge on any atom is 0.279 e. The highest BCUT2D eigenvalue weighted by Gasteiger charge is 2.28. The molecule has 3 aromatic rings. The summed E-state index contributed by atoms with van der Waals surface area (Å²) in [6.07, 6.45) is 3.65. The molecule has 1 unspecified atom stereocenters. The van der Waals surface area contributed by atoms with E-state index in [-0.39, 0.29) is 4.90 Å². The number of nitrogens with zero attached hydrogens (tertiary/aromatic N) is 3. The van der Waals surface area contributed by atoms with Crippen LogP contribution in [0.15, 0.2) is 65.0 Å². The van der Waals surface area contributed by atoms with Gasteiger partial charge in [0.1, 0.15) is 11.3 Å². The van der Waals surface area contributed by atoms with E-state index in [1.54, 1.807) is 6.08 Å². The SMILES string of the molecule is C=CCn1c(=NC(=O)c2ccc(S(=O)(=O)N3CCCC(C)C3)cc2)sc2cccc(OCC)c21. The first-order valence-electron chi connectivity index (χ1n) is 11.4. The molecule has 0 spiro atoms. The number of rotatable bonds is 7. The molecule has 0 bridgehead atoms. The number of carbonyl (C=O) groups is 1. The Hall–Kier alpha value is -2.75. The van der Waals surface area contributed by atoms with Gasteiger partial charge in [-0.25, -0.2) is 8.42 Å². The number of fused-ring (bicyclic) bond motifs is 1. The second kappa shape index (κ2) is 10.2. The zero-order chi connectivity index (χ0) is 24.3. The number of allylic oxidation sites excluding steroid dienone is 1. The maximum atomic E-state index is 13.0. The van der Waals surface area contributed by atoms with E-state index in [2.05, 4.69) is 18.5 Å². The fraction of sp³-hybridized carbons (Fsp3) is 0.360. The zero-order valence-corrected chi connectivity index (χ0v) is 21.1. The minimum atomic E-state index is -3.57. The van der Waals surface area contributed by atoms with E-state index in [0.717, 1.165) is 28.8 Å². The normalized spacial score (nSPS) is 17.7. The first-order chi connectivity index (χ1) is 16.3. The van der Waals surface area contributed by atoms with E-state index >= 15 is 0 Å². The highest BCUT2D eigenvalue weighted by atomic mass is 32.2. The van der Waals surface area contributed by atoms with Crippen molar-refractivity contribution >= 4 is 37.5 Å². The van der Waals surface area contributed by atoms with Crippen LogP contribution in [0.3, 0.4) is 0 Å². The molecule has 0 radical (unpaired) electrons. The number of thiazole rings is 1. The highest BCUT2D eigenvalue weighted by Crippen LogP contribution is 2.28. The minimum absolute atomic E-state index is 0.197. The molecule has 0 saturated carbocycles. The Balaban J connectivity index is 1.66. The van der Waals surface area contributed by atoms with Crippen molar-refractivity contribution in [1.82, 2.24) is 8.87 Å². The zero-order valence-electron chi connectivity index (χ0n) is 19.4. The van der Waals surface area contributed by atoms with Crippen LogP contribution in [0.25, 0.3) is 10.2 Å². The summed E-state index contributed by atoms with van der Waals surface area (Å²) in [7, 11) is -3.57. The molecule has 1 amide bonds. The van der Waals surface area contributed by atoms with Gasteiger partial charge in [-0.3, -0.25) is 4.79 Å². The van der Waals surface area contributed by atoms with E-state index in [1.165, 1.54) is 39.9 Å². The van der Waals surface area contributed by atoms with Crippen LogP contribution in [-0.4, -0.2) is 42.9 Å². The molecule has 0 N–H and O–H groups in total. The van der Waals surface area contributed by atoms with Crippen LogP contribution in [0.5, 0.6) is 5.75 Å². The van der Waals surface area contributed by atoms with E-state index in [1.807, 2.05) is 29.7 Å². The predicted octanol–water partition coefficient (Wildman–Crippen LogP) is 4.45. The summed E-state index contributed by atoms with van der Waals surface area (Å²) in [4.78, 5) is 18.1. The van der Waals surface area contributed by atoms with Crippen LogP contribution in [0.1, 0.15) is 37.0 Å². The third kappa shape index (κ3) is 4.87. The molecule has 2 heterocycles. The van der Waals surface area contributed by atoms with Crippen molar-refractivity contribution in [3.63, 3.8) is 0 Å². The lowest BCUT2D eigenvalue weighted by Gasteiger charge is -2.30. The van der Waals surface area contributed by atoms with Crippen LogP contribution in [0, 0.1) is 5.92 Å². The molecule has 180 valence electrons. The van der Waals surface area contributed by atoms with Gasteiger partial charge in [0.05, 0.1) is 16.2 Å². The van der Waals surface area contributed by atoms with Gasteiger partial charge in [0.2, 0.25) is 10.0 Å². The van der Waals surface area contributed by atoms with Crippen molar-refractivity contribution in [2.45, 2.75) is 38.1 Å². The van der Waals surface area contributed by atoms with E-state index in [4.69, 9.17) is 4.74 Å². The summed E-state index contributed by atoms with van der Waals surface area (Å²) < 4.78 is 36.2. The Morgan fingerprint density at radius 2 is 2.03 bits per heavy atom. The molecule has 1 aliphatic heterocycles. The van der Waals surface area contributed by atoms with Gasteiger partial charge >= 0.3 is 0 Å². The highest BCUT2D eigenvalue weighted by molar-refractivity contribution is 7.89. The van der Waals surface area contributed by atoms with Crippen molar-refractivity contribution in [3.8, 4) is 5.75 Å². The third-order valence-electron chi connectivity index (χ3n) is 5.83. The molecule has 0 aliphatic carbocycles. The Morgan fingerprint density at radius 1 is 1.26 bits per heavy atom. The molecule has 4 rings (SSSR count). The number of hydrogen-bond acceptors (Lipinski definition) is 5. The fourth-order valence-electron chi connectivity index (χ4n) is 4.19. The summed E-state index contributed by atoms with van der Waals surface area (Å²) in [5, 5.41) is 0. The van der Waals surface area contributed by atoms with E-state index in [0.29, 0.717) is 42.5 Å². The van der Waals surface area contributed by atoms with Gasteiger partial charge in [-0.2, -0.15) is 9.30 Å². The minimum Gasteiger partial charge on any atom is -0.492 e. The lowest BCUT2D eigenvalue weighted by molar-refractivity contribution is 0.0997. The van der Waals surface area contributed by atoms with Crippen LogP contribution in [0.4, 0.5) is 0 Å². The number of ether oxygens (including phenoxy) is 1. The number of piperidine rings is 1. The van der Waals surface area contributed by atoms with Crippen molar-refractivity contribution in [1.29, 1.82) is 0 Å². The standard InChI is InChI=1S/C25H29N3O4S2/c1-4-15-28-23-21(32-5-2)9-6-10-22(23)33-25(28)26-24(29)19-11-13-20(14-12-19)34(30,31)27-16-7-8-18(3)17-27/h4,6,9-14,18H,1,5,7-8,15-17H2,2-3H3. The molecule has 1 fully saturated rings. The van der Waals surface area contributed by atoms with Gasteiger partial charge in [0, 0.05) is 25.2 Å². The quantitative estimate of drug-likeness (QED) is 0.450. The summed E-state index contributed by atoms with van der Waals surface area (Å²) in [6.45, 7) is 9.87. The molecule has 1 aliphatic rings. The fourth-order valence-corrected chi connectivity index (χ4v) is 6.84. The molecule has 1 aromatic heterocycles. The van der Waals surface area contributed by atoms with Crippen LogP contribution in [-0.2, 0) is 16.6 Å². The summed E-state index contributed by atoms with van der Waals surface area (Å²) >= 11 is 1.40.